The van der Waals surface area contributed by atoms with Crippen LogP contribution in [-0.2, 0) is 4.79 Å². The average molecular weight is 407 g/mol. The highest BCUT2D eigenvalue weighted by Gasteiger charge is 2.07. The number of benzene rings is 2. The lowest BCUT2D eigenvalue weighted by Crippen LogP contribution is -2.19. The molecule has 0 fully saturated rings. The number of rotatable bonds is 9. The van der Waals surface area contributed by atoms with E-state index in [-0.39, 0.29) is 11.7 Å². The Bertz CT molecular complexity index is 1030. The number of para-hydroxylation sites is 1. The second kappa shape index (κ2) is 10.3. The van der Waals surface area contributed by atoms with Gasteiger partial charge in [-0.3, -0.25) is 9.78 Å². The number of fused-ring (bicyclic) bond motifs is 1. The van der Waals surface area contributed by atoms with Crippen LogP contribution in [-0.4, -0.2) is 36.6 Å². The first-order valence-corrected chi connectivity index (χ1v) is 9.90. The highest BCUT2D eigenvalue weighted by atomic mass is 32.2. The third-order valence-electron chi connectivity index (χ3n) is 3.90. The van der Waals surface area contributed by atoms with Gasteiger partial charge < -0.3 is 9.47 Å². The number of nitrogens with one attached hydrogen (secondary N) is 1. The molecule has 0 atom stereocenters. The first-order chi connectivity index (χ1) is 14.2. The van der Waals surface area contributed by atoms with Crippen molar-refractivity contribution in [2.75, 3.05) is 19.5 Å². The molecular formula is C22H21N3O3S. The zero-order chi connectivity index (χ0) is 20.5. The zero-order valence-electron chi connectivity index (χ0n) is 16.0. The Kier molecular flexibility index (Phi) is 7.24. The van der Waals surface area contributed by atoms with Gasteiger partial charge in [0.05, 0.1) is 24.6 Å². The first-order valence-electron chi connectivity index (χ1n) is 8.91. The summed E-state index contributed by atoms with van der Waals surface area (Å²) in [5.41, 5.74) is 4.21. The minimum Gasteiger partial charge on any atom is -0.493 e. The molecule has 1 aromatic heterocycles. The molecule has 0 aliphatic carbocycles. The van der Waals surface area contributed by atoms with E-state index in [0.29, 0.717) is 18.1 Å². The maximum absolute atomic E-state index is 12.1. The summed E-state index contributed by atoms with van der Waals surface area (Å²) in [4.78, 5) is 17.5. The summed E-state index contributed by atoms with van der Waals surface area (Å²) >= 11 is 1.43. The molecule has 1 heterocycles. The summed E-state index contributed by atoms with van der Waals surface area (Å²) < 4.78 is 10.8. The number of methoxy groups -OCH3 is 1. The van der Waals surface area contributed by atoms with Crippen molar-refractivity contribution < 1.29 is 14.3 Å². The molecule has 0 spiro atoms. The zero-order valence-corrected chi connectivity index (χ0v) is 16.8. The Labute approximate surface area is 173 Å². The van der Waals surface area contributed by atoms with E-state index in [2.05, 4.69) is 22.1 Å². The van der Waals surface area contributed by atoms with E-state index >= 15 is 0 Å². The van der Waals surface area contributed by atoms with Gasteiger partial charge in [-0.05, 0) is 35.9 Å². The van der Waals surface area contributed by atoms with Crippen LogP contribution in [0.25, 0.3) is 10.9 Å². The molecular weight excluding hydrogens is 386 g/mol. The molecule has 148 valence electrons. The maximum Gasteiger partial charge on any atom is 0.250 e. The predicted molar refractivity (Wildman–Crippen MR) is 117 cm³/mol. The van der Waals surface area contributed by atoms with Crippen LogP contribution < -0.4 is 14.9 Å². The highest BCUT2D eigenvalue weighted by Crippen LogP contribution is 2.28. The fourth-order valence-corrected chi connectivity index (χ4v) is 3.41. The number of aromatic nitrogens is 1. The molecule has 0 radical (unpaired) electrons. The third-order valence-corrected chi connectivity index (χ3v) is 4.95. The van der Waals surface area contributed by atoms with Crippen molar-refractivity contribution in [3.05, 3.63) is 72.9 Å². The molecule has 6 nitrogen and oxygen atoms in total. The van der Waals surface area contributed by atoms with Crippen molar-refractivity contribution in [3.63, 3.8) is 0 Å². The van der Waals surface area contributed by atoms with Crippen LogP contribution in [0.1, 0.15) is 5.56 Å². The first kappa shape index (κ1) is 20.4. The number of carbonyl (C=O) groups excluding carboxylic acids is 1. The molecule has 0 aliphatic rings. The molecule has 3 aromatic rings. The minimum absolute atomic E-state index is 0.197. The van der Waals surface area contributed by atoms with Crippen LogP contribution >= 0.6 is 11.8 Å². The summed E-state index contributed by atoms with van der Waals surface area (Å²) in [7, 11) is 1.57. The number of amides is 1. The minimum atomic E-state index is -0.197. The van der Waals surface area contributed by atoms with Gasteiger partial charge in [-0.1, -0.05) is 30.9 Å². The standard InChI is InChI=1S/C22H21N3O3S/c1-3-12-28-18-10-9-16(13-19(18)27-2)14-24-25-21(26)15-29-20-8-4-6-17-7-5-11-23-22(17)20/h3-11,13-14H,1,12,15H2,2H3,(H,25,26)/b24-14-. The second-order valence-electron chi connectivity index (χ2n) is 5.92. The predicted octanol–water partition coefficient (Wildman–Crippen LogP) is 4.05. The number of ether oxygens (including phenoxy) is 2. The number of pyridine rings is 1. The number of hydrogen-bond acceptors (Lipinski definition) is 6. The molecule has 1 amide bonds. The number of hydrogen-bond donors (Lipinski definition) is 1. The summed E-state index contributed by atoms with van der Waals surface area (Å²) in [6.07, 6.45) is 4.97. The summed E-state index contributed by atoms with van der Waals surface area (Å²) in [6, 6.07) is 15.2. The summed E-state index contributed by atoms with van der Waals surface area (Å²) in [5.74, 6) is 1.25. The van der Waals surface area contributed by atoms with Crippen molar-refractivity contribution in [3.8, 4) is 11.5 Å². The van der Waals surface area contributed by atoms with E-state index in [4.69, 9.17) is 9.47 Å². The van der Waals surface area contributed by atoms with Crippen LogP contribution in [0.5, 0.6) is 11.5 Å². The van der Waals surface area contributed by atoms with Gasteiger partial charge >= 0.3 is 0 Å². The Balaban J connectivity index is 1.56. The van der Waals surface area contributed by atoms with Crippen LogP contribution in [0.15, 0.2) is 77.4 Å². The van der Waals surface area contributed by atoms with Gasteiger partial charge in [-0.15, -0.1) is 11.8 Å². The molecule has 7 heteroatoms. The molecule has 0 bridgehead atoms. The van der Waals surface area contributed by atoms with Crippen LogP contribution in [0, 0.1) is 0 Å². The Morgan fingerprint density at radius 3 is 2.93 bits per heavy atom. The summed E-state index contributed by atoms with van der Waals surface area (Å²) in [6.45, 7) is 4.02. The molecule has 29 heavy (non-hydrogen) atoms. The fourth-order valence-electron chi connectivity index (χ4n) is 2.58. The molecule has 0 aliphatic heterocycles. The molecule has 2 aromatic carbocycles. The molecule has 0 saturated heterocycles. The fraction of sp³-hybridized carbons (Fsp3) is 0.136. The van der Waals surface area contributed by atoms with E-state index in [1.54, 1.807) is 37.7 Å². The van der Waals surface area contributed by atoms with Crippen molar-refractivity contribution >= 4 is 34.8 Å². The Morgan fingerprint density at radius 2 is 2.10 bits per heavy atom. The molecule has 3 rings (SSSR count). The van der Waals surface area contributed by atoms with Gasteiger partial charge in [-0.2, -0.15) is 5.10 Å². The van der Waals surface area contributed by atoms with E-state index in [1.807, 2.05) is 36.4 Å². The van der Waals surface area contributed by atoms with E-state index < -0.39 is 0 Å². The van der Waals surface area contributed by atoms with Gasteiger partial charge in [0.25, 0.3) is 0 Å². The number of thioether (sulfide) groups is 1. The van der Waals surface area contributed by atoms with Gasteiger partial charge in [0.2, 0.25) is 5.91 Å². The van der Waals surface area contributed by atoms with Gasteiger partial charge in [0.15, 0.2) is 11.5 Å². The van der Waals surface area contributed by atoms with Crippen molar-refractivity contribution in [1.82, 2.24) is 10.4 Å². The van der Waals surface area contributed by atoms with Crippen LogP contribution in [0.3, 0.4) is 0 Å². The van der Waals surface area contributed by atoms with Crippen molar-refractivity contribution in [2.45, 2.75) is 4.90 Å². The van der Waals surface area contributed by atoms with Crippen LogP contribution in [0.4, 0.5) is 0 Å². The van der Waals surface area contributed by atoms with Crippen molar-refractivity contribution in [1.29, 1.82) is 0 Å². The van der Waals surface area contributed by atoms with E-state index in [1.165, 1.54) is 11.8 Å². The molecule has 0 unspecified atom stereocenters. The second-order valence-corrected chi connectivity index (χ2v) is 6.94. The summed E-state index contributed by atoms with van der Waals surface area (Å²) in [5, 5.41) is 5.06. The topological polar surface area (TPSA) is 72.8 Å². The van der Waals surface area contributed by atoms with Gasteiger partial charge in [-0.25, -0.2) is 5.43 Å². The van der Waals surface area contributed by atoms with Gasteiger partial charge in [0, 0.05) is 16.5 Å². The normalized spacial score (nSPS) is 10.8. The molecule has 1 N–H and O–H groups in total. The SMILES string of the molecule is C=CCOc1ccc(/C=N\NC(=O)CSc2cccc3cccnc23)cc1OC. The number of nitrogens with zero attached hydrogens (tertiary/aromatic N) is 2. The van der Waals surface area contributed by atoms with Gasteiger partial charge in [0.1, 0.15) is 6.61 Å². The number of carbonyl (C=O) groups is 1. The lowest BCUT2D eigenvalue weighted by atomic mass is 10.2. The highest BCUT2D eigenvalue weighted by molar-refractivity contribution is 8.00. The lowest BCUT2D eigenvalue weighted by molar-refractivity contribution is -0.118. The monoisotopic (exact) mass is 407 g/mol. The Morgan fingerprint density at radius 1 is 1.24 bits per heavy atom. The maximum atomic E-state index is 12.1. The third kappa shape index (κ3) is 5.58. The smallest absolute Gasteiger partial charge is 0.250 e. The van der Waals surface area contributed by atoms with E-state index in [9.17, 15) is 4.79 Å². The molecule has 0 saturated carbocycles. The number of hydrazone groups is 1. The lowest BCUT2D eigenvalue weighted by Gasteiger charge is -2.09. The largest absolute Gasteiger partial charge is 0.493 e. The quantitative estimate of drug-likeness (QED) is 0.251. The Hall–Kier alpha value is -3.32. The van der Waals surface area contributed by atoms with E-state index in [0.717, 1.165) is 21.4 Å². The average Bonchev–Trinajstić information content (AvgIpc) is 2.76. The van der Waals surface area contributed by atoms with Crippen LogP contribution in [0.2, 0.25) is 0 Å². The van der Waals surface area contributed by atoms with Crippen molar-refractivity contribution in [2.24, 2.45) is 5.10 Å².